The van der Waals surface area contributed by atoms with Crippen LogP contribution in [0.1, 0.15) is 12.0 Å². The van der Waals surface area contributed by atoms with Gasteiger partial charge in [0.2, 0.25) is 0 Å². The number of benzene rings is 1. The van der Waals surface area contributed by atoms with Crippen LogP contribution in [0.4, 0.5) is 5.82 Å². The number of pyridine rings is 1. The molecule has 3 rings (SSSR count). The summed E-state index contributed by atoms with van der Waals surface area (Å²) in [6.07, 6.45) is 2.24. The normalized spacial score (nSPS) is 15.0. The molecule has 88 valence electrons. The molecule has 0 bridgehead atoms. The van der Waals surface area contributed by atoms with E-state index in [-0.39, 0.29) is 6.61 Å². The molecule has 0 atom stereocenters. The molecule has 0 amide bonds. The first-order valence-corrected chi connectivity index (χ1v) is 6.13. The van der Waals surface area contributed by atoms with E-state index in [4.69, 9.17) is 10.1 Å². The van der Waals surface area contributed by atoms with Crippen molar-refractivity contribution < 1.29 is 5.11 Å². The molecule has 0 saturated carbocycles. The van der Waals surface area contributed by atoms with E-state index < -0.39 is 0 Å². The third kappa shape index (κ3) is 1.87. The van der Waals surface area contributed by atoms with Crippen molar-refractivity contribution in [3.63, 3.8) is 0 Å². The summed E-state index contributed by atoms with van der Waals surface area (Å²) in [6, 6.07) is 10.4. The lowest BCUT2D eigenvalue weighted by Crippen LogP contribution is -2.32. The van der Waals surface area contributed by atoms with E-state index in [0.29, 0.717) is 6.54 Å². The summed E-state index contributed by atoms with van der Waals surface area (Å²) in [6.45, 7) is 1.87. The number of fused-ring (bicyclic) bond motifs is 2. The van der Waals surface area contributed by atoms with E-state index in [1.165, 1.54) is 10.9 Å². The highest BCUT2D eigenvalue weighted by molar-refractivity contribution is 5.82. The summed E-state index contributed by atoms with van der Waals surface area (Å²) in [7, 11) is 0. The number of aryl methyl sites for hydroxylation is 1. The van der Waals surface area contributed by atoms with E-state index in [2.05, 4.69) is 17.0 Å². The van der Waals surface area contributed by atoms with Gasteiger partial charge in [-0.05, 0) is 30.5 Å². The number of rotatable bonds is 2. The quantitative estimate of drug-likeness (QED) is 0.854. The van der Waals surface area contributed by atoms with E-state index >= 15 is 0 Å². The summed E-state index contributed by atoms with van der Waals surface area (Å²) < 4.78 is 0. The molecule has 1 aromatic heterocycles. The number of para-hydroxylation sites is 1. The monoisotopic (exact) mass is 228 g/mol. The zero-order chi connectivity index (χ0) is 11.7. The largest absolute Gasteiger partial charge is 0.395 e. The number of β-amino-alcohol motifs (C(OH)–C–C–N with tert-alkyl or cyclic N) is 1. The van der Waals surface area contributed by atoms with Crippen LogP contribution in [0.3, 0.4) is 0 Å². The fraction of sp³-hybridized carbons (Fsp3) is 0.357. The average Bonchev–Trinajstić information content (AvgIpc) is 2.37. The molecule has 0 radical (unpaired) electrons. The van der Waals surface area contributed by atoms with Crippen LogP contribution in [0, 0.1) is 0 Å². The van der Waals surface area contributed by atoms with Crippen LogP contribution >= 0.6 is 0 Å². The maximum Gasteiger partial charge on any atom is 0.132 e. The van der Waals surface area contributed by atoms with Crippen molar-refractivity contribution in [3.8, 4) is 0 Å². The second-order valence-corrected chi connectivity index (χ2v) is 4.48. The van der Waals surface area contributed by atoms with Gasteiger partial charge in [-0.3, -0.25) is 0 Å². The molecule has 0 saturated heterocycles. The van der Waals surface area contributed by atoms with Crippen molar-refractivity contribution in [2.24, 2.45) is 0 Å². The van der Waals surface area contributed by atoms with Gasteiger partial charge in [0.15, 0.2) is 0 Å². The van der Waals surface area contributed by atoms with Crippen molar-refractivity contribution in [2.75, 3.05) is 24.6 Å². The van der Waals surface area contributed by atoms with Crippen molar-refractivity contribution in [1.82, 2.24) is 4.98 Å². The van der Waals surface area contributed by atoms with Gasteiger partial charge in [0.05, 0.1) is 12.1 Å². The molecule has 3 nitrogen and oxygen atoms in total. The molecule has 0 spiro atoms. The molecular formula is C14H16N2O. The first kappa shape index (κ1) is 10.5. The molecule has 0 aliphatic carbocycles. The molecular weight excluding hydrogens is 212 g/mol. The van der Waals surface area contributed by atoms with E-state index in [1.54, 1.807) is 0 Å². The third-order valence-electron chi connectivity index (χ3n) is 3.32. The van der Waals surface area contributed by atoms with E-state index in [0.717, 1.165) is 30.7 Å². The SMILES string of the molecule is OCCN1CCCc2cc3ccccc3nc21. The minimum atomic E-state index is 0.188. The Morgan fingerprint density at radius 2 is 2.18 bits per heavy atom. The van der Waals surface area contributed by atoms with Crippen LogP contribution in [-0.2, 0) is 6.42 Å². The highest BCUT2D eigenvalue weighted by Crippen LogP contribution is 2.28. The van der Waals surface area contributed by atoms with Gasteiger partial charge in [-0.25, -0.2) is 4.98 Å². The number of aliphatic hydroxyl groups is 1. The summed E-state index contributed by atoms with van der Waals surface area (Å²) in [5.74, 6) is 1.06. The van der Waals surface area contributed by atoms with Gasteiger partial charge in [0, 0.05) is 18.5 Å². The van der Waals surface area contributed by atoms with Gasteiger partial charge < -0.3 is 10.0 Å². The summed E-state index contributed by atoms with van der Waals surface area (Å²) in [4.78, 5) is 6.92. The van der Waals surface area contributed by atoms with Gasteiger partial charge >= 0.3 is 0 Å². The Morgan fingerprint density at radius 1 is 1.29 bits per heavy atom. The smallest absolute Gasteiger partial charge is 0.132 e. The zero-order valence-electron chi connectivity index (χ0n) is 9.76. The average molecular weight is 228 g/mol. The van der Waals surface area contributed by atoms with Crippen molar-refractivity contribution in [2.45, 2.75) is 12.8 Å². The Morgan fingerprint density at radius 3 is 3.06 bits per heavy atom. The molecule has 1 aromatic carbocycles. The molecule has 1 aliphatic heterocycles. The van der Waals surface area contributed by atoms with Crippen LogP contribution in [0.15, 0.2) is 30.3 Å². The van der Waals surface area contributed by atoms with Crippen LogP contribution in [-0.4, -0.2) is 29.8 Å². The molecule has 0 fully saturated rings. The Kier molecular flexibility index (Phi) is 2.69. The second kappa shape index (κ2) is 4.34. The second-order valence-electron chi connectivity index (χ2n) is 4.48. The number of hydrogen-bond acceptors (Lipinski definition) is 3. The summed E-state index contributed by atoms with van der Waals surface area (Å²) in [5, 5.41) is 10.3. The Bertz CT molecular complexity index is 539. The van der Waals surface area contributed by atoms with Crippen molar-refractivity contribution >= 4 is 16.7 Å². The summed E-state index contributed by atoms with van der Waals surface area (Å²) >= 11 is 0. The zero-order valence-corrected chi connectivity index (χ0v) is 9.76. The van der Waals surface area contributed by atoms with Crippen LogP contribution in [0.5, 0.6) is 0 Å². The van der Waals surface area contributed by atoms with Gasteiger partial charge in [0.1, 0.15) is 5.82 Å². The van der Waals surface area contributed by atoms with Crippen molar-refractivity contribution in [3.05, 3.63) is 35.9 Å². The van der Waals surface area contributed by atoms with Gasteiger partial charge in [-0.1, -0.05) is 18.2 Å². The number of aliphatic hydroxyl groups excluding tert-OH is 1. The first-order chi connectivity index (χ1) is 8.38. The van der Waals surface area contributed by atoms with Crippen LogP contribution in [0.25, 0.3) is 10.9 Å². The van der Waals surface area contributed by atoms with Crippen LogP contribution in [0.2, 0.25) is 0 Å². The standard InChI is InChI=1S/C14H16N2O/c17-9-8-16-7-3-5-12-10-11-4-1-2-6-13(11)15-14(12)16/h1-2,4,6,10,17H,3,5,7-9H2. The van der Waals surface area contributed by atoms with Crippen molar-refractivity contribution in [1.29, 1.82) is 0 Å². The molecule has 1 N–H and O–H groups in total. The fourth-order valence-electron chi connectivity index (χ4n) is 2.51. The molecule has 3 heteroatoms. The first-order valence-electron chi connectivity index (χ1n) is 6.13. The highest BCUT2D eigenvalue weighted by Gasteiger charge is 2.18. The topological polar surface area (TPSA) is 36.4 Å². The Balaban J connectivity index is 2.12. The van der Waals surface area contributed by atoms with Gasteiger partial charge in [-0.15, -0.1) is 0 Å². The van der Waals surface area contributed by atoms with E-state index in [9.17, 15) is 0 Å². The fourth-order valence-corrected chi connectivity index (χ4v) is 2.51. The molecule has 17 heavy (non-hydrogen) atoms. The molecule has 2 heterocycles. The lowest BCUT2D eigenvalue weighted by molar-refractivity contribution is 0.300. The molecule has 0 unspecified atom stereocenters. The minimum absolute atomic E-state index is 0.188. The number of hydrogen-bond donors (Lipinski definition) is 1. The van der Waals surface area contributed by atoms with E-state index in [1.807, 2.05) is 18.2 Å². The molecule has 2 aromatic rings. The predicted molar refractivity (Wildman–Crippen MR) is 69.4 cm³/mol. The number of nitrogens with zero attached hydrogens (tertiary/aromatic N) is 2. The maximum atomic E-state index is 9.09. The lowest BCUT2D eigenvalue weighted by atomic mass is 10.0. The predicted octanol–water partition coefficient (Wildman–Crippen LogP) is 1.98. The Labute approximate surface area is 101 Å². The lowest BCUT2D eigenvalue weighted by Gasteiger charge is -2.29. The number of aromatic nitrogens is 1. The maximum absolute atomic E-state index is 9.09. The van der Waals surface area contributed by atoms with Gasteiger partial charge in [-0.2, -0.15) is 0 Å². The van der Waals surface area contributed by atoms with Crippen LogP contribution < -0.4 is 4.90 Å². The third-order valence-corrected chi connectivity index (χ3v) is 3.32. The number of anilines is 1. The molecule has 1 aliphatic rings. The minimum Gasteiger partial charge on any atom is -0.395 e. The highest BCUT2D eigenvalue weighted by atomic mass is 16.3. The van der Waals surface area contributed by atoms with Gasteiger partial charge in [0.25, 0.3) is 0 Å². The summed E-state index contributed by atoms with van der Waals surface area (Å²) in [5.41, 5.74) is 2.35. The Hall–Kier alpha value is -1.61.